The van der Waals surface area contributed by atoms with Crippen molar-refractivity contribution in [1.29, 1.82) is 0 Å². The first-order valence-corrected chi connectivity index (χ1v) is 7.53. The van der Waals surface area contributed by atoms with Crippen LogP contribution in [0.15, 0.2) is 36.8 Å². The topological polar surface area (TPSA) is 69.0 Å². The number of aryl methyl sites for hydroxylation is 1. The van der Waals surface area contributed by atoms with Crippen LogP contribution < -0.4 is 10.1 Å². The lowest BCUT2D eigenvalue weighted by atomic mass is 10.1. The van der Waals surface area contributed by atoms with Crippen molar-refractivity contribution in [3.63, 3.8) is 0 Å². The van der Waals surface area contributed by atoms with Gasteiger partial charge in [0, 0.05) is 24.2 Å². The van der Waals surface area contributed by atoms with Gasteiger partial charge in [0.2, 0.25) is 6.41 Å². The number of carbonyl (C=O) groups excluding carboxylic acids is 1. The van der Waals surface area contributed by atoms with Crippen LogP contribution in [0.5, 0.6) is 5.75 Å². The van der Waals surface area contributed by atoms with Gasteiger partial charge in [-0.2, -0.15) is 0 Å². The second-order valence-electron chi connectivity index (χ2n) is 5.67. The van der Waals surface area contributed by atoms with Crippen molar-refractivity contribution in [1.82, 2.24) is 14.5 Å². The average Bonchev–Trinajstić information content (AvgIpc) is 3.31. The maximum atomic E-state index is 10.6. The second-order valence-corrected chi connectivity index (χ2v) is 5.67. The fraction of sp³-hybridized carbons (Fsp3) is 0.235. The van der Waals surface area contributed by atoms with E-state index in [-0.39, 0.29) is 0 Å². The summed E-state index contributed by atoms with van der Waals surface area (Å²) in [5.41, 5.74) is 3.03. The Labute approximate surface area is 133 Å². The van der Waals surface area contributed by atoms with Crippen LogP contribution >= 0.6 is 0 Å². The highest BCUT2D eigenvalue weighted by molar-refractivity contribution is 5.90. The average molecular weight is 308 g/mol. The van der Waals surface area contributed by atoms with Crippen LogP contribution in [0.2, 0.25) is 0 Å². The fourth-order valence-corrected chi connectivity index (χ4v) is 2.68. The molecule has 1 saturated carbocycles. The monoisotopic (exact) mass is 308 g/mol. The minimum atomic E-state index is 0.317. The molecule has 1 aliphatic carbocycles. The zero-order valence-corrected chi connectivity index (χ0v) is 12.7. The van der Waals surface area contributed by atoms with Gasteiger partial charge >= 0.3 is 0 Å². The lowest BCUT2D eigenvalue weighted by molar-refractivity contribution is -0.105. The molecule has 116 valence electrons. The number of nitrogens with one attached hydrogen (secondary N) is 1. The highest BCUT2D eigenvalue weighted by Crippen LogP contribution is 2.36. The molecular formula is C17H16N4O2. The van der Waals surface area contributed by atoms with Crippen LogP contribution in [0.3, 0.4) is 0 Å². The first-order chi connectivity index (χ1) is 11.3. The van der Waals surface area contributed by atoms with Crippen molar-refractivity contribution in [2.45, 2.75) is 18.9 Å². The van der Waals surface area contributed by atoms with Gasteiger partial charge in [0.25, 0.3) is 0 Å². The Morgan fingerprint density at radius 1 is 1.35 bits per heavy atom. The van der Waals surface area contributed by atoms with E-state index in [0.29, 0.717) is 18.3 Å². The van der Waals surface area contributed by atoms with E-state index in [1.165, 1.54) is 0 Å². The number of nitrogens with zero attached hydrogens (tertiary/aromatic N) is 3. The van der Waals surface area contributed by atoms with Crippen LogP contribution in [0.4, 0.5) is 5.82 Å². The predicted molar refractivity (Wildman–Crippen MR) is 87.3 cm³/mol. The molecule has 23 heavy (non-hydrogen) atoms. The van der Waals surface area contributed by atoms with Gasteiger partial charge in [0.1, 0.15) is 11.6 Å². The molecule has 6 heteroatoms. The van der Waals surface area contributed by atoms with E-state index in [0.717, 1.165) is 40.8 Å². The maximum Gasteiger partial charge on any atom is 0.212 e. The SMILES string of the molecule is Cn1c(-c2ccncc2OC2CC2)cc2cc(NC=O)ncc21. The number of aromatic nitrogens is 3. The Morgan fingerprint density at radius 2 is 2.22 bits per heavy atom. The summed E-state index contributed by atoms with van der Waals surface area (Å²) in [5, 5.41) is 3.59. The summed E-state index contributed by atoms with van der Waals surface area (Å²) < 4.78 is 8.05. The largest absolute Gasteiger partial charge is 0.488 e. The molecule has 0 spiro atoms. The molecule has 0 aliphatic heterocycles. The number of ether oxygens (including phenoxy) is 1. The number of fused-ring (bicyclic) bond motifs is 1. The third-order valence-corrected chi connectivity index (χ3v) is 4.01. The van der Waals surface area contributed by atoms with Crippen molar-refractivity contribution in [2.24, 2.45) is 7.05 Å². The molecule has 1 amide bonds. The minimum absolute atomic E-state index is 0.317. The van der Waals surface area contributed by atoms with E-state index in [1.54, 1.807) is 18.6 Å². The summed E-state index contributed by atoms with van der Waals surface area (Å²) in [6.07, 6.45) is 8.45. The Kier molecular flexibility index (Phi) is 3.22. The van der Waals surface area contributed by atoms with Gasteiger partial charge in [0.05, 0.1) is 29.7 Å². The molecule has 1 N–H and O–H groups in total. The molecule has 4 rings (SSSR count). The summed E-state index contributed by atoms with van der Waals surface area (Å²) in [5.74, 6) is 1.34. The van der Waals surface area contributed by atoms with Crippen molar-refractivity contribution in [3.05, 3.63) is 36.8 Å². The van der Waals surface area contributed by atoms with Crippen molar-refractivity contribution < 1.29 is 9.53 Å². The lowest BCUT2D eigenvalue weighted by Crippen LogP contribution is -2.00. The van der Waals surface area contributed by atoms with E-state index in [4.69, 9.17) is 4.74 Å². The fourth-order valence-electron chi connectivity index (χ4n) is 2.68. The van der Waals surface area contributed by atoms with Crippen molar-refractivity contribution in [2.75, 3.05) is 5.32 Å². The number of anilines is 1. The number of hydrogen-bond acceptors (Lipinski definition) is 4. The van der Waals surface area contributed by atoms with Gasteiger partial charge in [-0.15, -0.1) is 0 Å². The van der Waals surface area contributed by atoms with Crippen LogP contribution in [-0.4, -0.2) is 27.0 Å². The third kappa shape index (κ3) is 2.52. The summed E-state index contributed by atoms with van der Waals surface area (Å²) in [6.45, 7) is 0. The lowest BCUT2D eigenvalue weighted by Gasteiger charge is -2.11. The Balaban J connectivity index is 1.82. The molecule has 3 heterocycles. The zero-order chi connectivity index (χ0) is 15.8. The summed E-state index contributed by atoms with van der Waals surface area (Å²) in [4.78, 5) is 19.0. The summed E-state index contributed by atoms with van der Waals surface area (Å²) in [7, 11) is 1.99. The maximum absolute atomic E-state index is 10.6. The molecule has 0 radical (unpaired) electrons. The van der Waals surface area contributed by atoms with Gasteiger partial charge in [-0.25, -0.2) is 4.98 Å². The van der Waals surface area contributed by atoms with Crippen molar-refractivity contribution >= 4 is 23.1 Å². The van der Waals surface area contributed by atoms with Crippen molar-refractivity contribution in [3.8, 4) is 17.0 Å². The van der Waals surface area contributed by atoms with Gasteiger partial charge in [0.15, 0.2) is 0 Å². The first kappa shape index (κ1) is 13.8. The second kappa shape index (κ2) is 5.39. The van der Waals surface area contributed by atoms with Crippen LogP contribution in [0.1, 0.15) is 12.8 Å². The molecule has 0 atom stereocenters. The van der Waals surface area contributed by atoms with Crippen LogP contribution in [-0.2, 0) is 11.8 Å². The molecule has 0 unspecified atom stereocenters. The van der Waals surface area contributed by atoms with Gasteiger partial charge < -0.3 is 14.6 Å². The molecule has 3 aromatic heterocycles. The molecule has 0 aromatic carbocycles. The summed E-state index contributed by atoms with van der Waals surface area (Å²) >= 11 is 0. The number of rotatable bonds is 5. The van der Waals surface area contributed by atoms with Gasteiger partial charge in [-0.05, 0) is 31.0 Å². The first-order valence-electron chi connectivity index (χ1n) is 7.53. The highest BCUT2D eigenvalue weighted by Gasteiger charge is 2.25. The normalized spacial score (nSPS) is 14.0. The molecule has 6 nitrogen and oxygen atoms in total. The molecule has 1 fully saturated rings. The third-order valence-electron chi connectivity index (χ3n) is 4.01. The Bertz CT molecular complexity index is 883. The smallest absolute Gasteiger partial charge is 0.212 e. The summed E-state index contributed by atoms with van der Waals surface area (Å²) in [6, 6.07) is 5.89. The Hall–Kier alpha value is -2.89. The minimum Gasteiger partial charge on any atom is -0.488 e. The number of carbonyl (C=O) groups is 1. The molecular weight excluding hydrogens is 292 g/mol. The van der Waals surface area contributed by atoms with Crippen LogP contribution in [0.25, 0.3) is 22.2 Å². The highest BCUT2D eigenvalue weighted by atomic mass is 16.5. The van der Waals surface area contributed by atoms with E-state index in [9.17, 15) is 4.79 Å². The standard InChI is InChI=1S/C17H16N4O2/c1-21-14(6-11-7-17(20-10-22)19-8-15(11)21)13-4-5-18-9-16(13)23-12-2-3-12/h4-10,12H,2-3H2,1H3,(H,19,20,22). The van der Waals surface area contributed by atoms with Crippen LogP contribution in [0, 0.1) is 0 Å². The molecule has 3 aromatic rings. The number of hydrogen-bond donors (Lipinski definition) is 1. The Morgan fingerprint density at radius 3 is 3.00 bits per heavy atom. The van der Waals surface area contributed by atoms with E-state index in [1.807, 2.05) is 19.2 Å². The van der Waals surface area contributed by atoms with Gasteiger partial charge in [-0.1, -0.05) is 0 Å². The number of amides is 1. The van der Waals surface area contributed by atoms with E-state index < -0.39 is 0 Å². The molecule has 1 aliphatic rings. The quantitative estimate of drug-likeness (QED) is 0.736. The number of pyridine rings is 2. The van der Waals surface area contributed by atoms with Gasteiger partial charge in [-0.3, -0.25) is 9.78 Å². The van der Waals surface area contributed by atoms with E-state index in [2.05, 4.69) is 25.9 Å². The molecule has 0 saturated heterocycles. The zero-order valence-electron chi connectivity index (χ0n) is 12.7. The predicted octanol–water partition coefficient (Wildman–Crippen LogP) is 2.74. The van der Waals surface area contributed by atoms with E-state index >= 15 is 0 Å². The molecule has 0 bridgehead atoms.